The van der Waals surface area contributed by atoms with Gasteiger partial charge in [-0.1, -0.05) is 13.3 Å². The van der Waals surface area contributed by atoms with E-state index in [0.717, 1.165) is 12.1 Å². The summed E-state index contributed by atoms with van der Waals surface area (Å²) in [5, 5.41) is 3.57. The van der Waals surface area contributed by atoms with Crippen LogP contribution in [0.5, 0.6) is 0 Å². The van der Waals surface area contributed by atoms with Gasteiger partial charge >= 0.3 is 0 Å². The van der Waals surface area contributed by atoms with Gasteiger partial charge in [0.25, 0.3) is 0 Å². The Morgan fingerprint density at radius 2 is 2.08 bits per heavy atom. The highest BCUT2D eigenvalue weighted by Crippen LogP contribution is 2.26. The van der Waals surface area contributed by atoms with Crippen molar-refractivity contribution in [3.8, 4) is 0 Å². The molecule has 76 valence electrons. The summed E-state index contributed by atoms with van der Waals surface area (Å²) in [7, 11) is 0. The molecule has 0 saturated carbocycles. The molecule has 2 nitrogen and oxygen atoms in total. The fourth-order valence-electron chi connectivity index (χ4n) is 2.91. The first-order chi connectivity index (χ1) is 6.42. The first-order valence-corrected chi connectivity index (χ1v) is 5.88. The first kappa shape index (κ1) is 9.47. The Labute approximate surface area is 81.7 Å². The van der Waals surface area contributed by atoms with Gasteiger partial charge in [-0.15, -0.1) is 0 Å². The van der Waals surface area contributed by atoms with Gasteiger partial charge in [-0.3, -0.25) is 4.90 Å². The lowest BCUT2D eigenvalue weighted by Gasteiger charge is -2.40. The normalized spacial score (nSPS) is 35.8. The molecular weight excluding hydrogens is 160 g/mol. The van der Waals surface area contributed by atoms with E-state index in [0.29, 0.717) is 0 Å². The van der Waals surface area contributed by atoms with Crippen molar-refractivity contribution >= 4 is 0 Å². The van der Waals surface area contributed by atoms with Gasteiger partial charge in [0.1, 0.15) is 0 Å². The molecule has 13 heavy (non-hydrogen) atoms. The van der Waals surface area contributed by atoms with Crippen molar-refractivity contribution in [2.24, 2.45) is 0 Å². The summed E-state index contributed by atoms with van der Waals surface area (Å²) in [6.45, 7) is 6.09. The topological polar surface area (TPSA) is 15.3 Å². The molecule has 2 heterocycles. The number of nitrogens with zero attached hydrogens (tertiary/aromatic N) is 1. The Balaban J connectivity index is 2.02. The highest BCUT2D eigenvalue weighted by molar-refractivity contribution is 4.88. The van der Waals surface area contributed by atoms with E-state index in [4.69, 9.17) is 0 Å². The van der Waals surface area contributed by atoms with Crippen LogP contribution in [0.25, 0.3) is 0 Å². The van der Waals surface area contributed by atoms with Crippen LogP contribution in [0.1, 0.15) is 39.0 Å². The van der Waals surface area contributed by atoms with Crippen molar-refractivity contribution in [3.63, 3.8) is 0 Å². The highest BCUT2D eigenvalue weighted by atomic mass is 15.2. The van der Waals surface area contributed by atoms with Crippen molar-refractivity contribution in [2.45, 2.75) is 51.1 Å². The maximum absolute atomic E-state index is 3.57. The summed E-state index contributed by atoms with van der Waals surface area (Å²) in [5.74, 6) is 0. The largest absolute Gasteiger partial charge is 0.315 e. The molecule has 0 spiro atoms. The van der Waals surface area contributed by atoms with Crippen LogP contribution in [-0.2, 0) is 0 Å². The van der Waals surface area contributed by atoms with Crippen molar-refractivity contribution in [1.82, 2.24) is 10.2 Å². The zero-order valence-electron chi connectivity index (χ0n) is 8.76. The van der Waals surface area contributed by atoms with Gasteiger partial charge in [0, 0.05) is 18.6 Å². The number of hydrogen-bond acceptors (Lipinski definition) is 2. The van der Waals surface area contributed by atoms with Gasteiger partial charge in [-0.05, 0) is 38.8 Å². The van der Waals surface area contributed by atoms with E-state index in [1.807, 2.05) is 0 Å². The molecule has 2 aliphatic heterocycles. The van der Waals surface area contributed by atoms with E-state index in [1.165, 1.54) is 51.7 Å². The maximum atomic E-state index is 3.57. The zero-order valence-corrected chi connectivity index (χ0v) is 8.76. The van der Waals surface area contributed by atoms with Crippen LogP contribution in [0.2, 0.25) is 0 Å². The molecule has 2 heteroatoms. The Morgan fingerprint density at radius 3 is 2.92 bits per heavy atom. The second-order valence-electron chi connectivity index (χ2n) is 4.47. The molecule has 2 atom stereocenters. The van der Waals surface area contributed by atoms with Gasteiger partial charge in [-0.25, -0.2) is 0 Å². The predicted molar refractivity (Wildman–Crippen MR) is 55.9 cm³/mol. The molecule has 2 saturated heterocycles. The Hall–Kier alpha value is -0.0800. The van der Waals surface area contributed by atoms with E-state index in [-0.39, 0.29) is 0 Å². The third-order valence-electron chi connectivity index (χ3n) is 3.53. The Morgan fingerprint density at radius 1 is 1.23 bits per heavy atom. The number of hydrogen-bond donors (Lipinski definition) is 1. The number of fused-ring (bicyclic) bond motifs is 2. The molecule has 2 fully saturated rings. The second kappa shape index (κ2) is 4.43. The highest BCUT2D eigenvalue weighted by Gasteiger charge is 2.30. The fourth-order valence-corrected chi connectivity index (χ4v) is 2.91. The van der Waals surface area contributed by atoms with Crippen molar-refractivity contribution in [2.75, 3.05) is 19.6 Å². The summed E-state index contributed by atoms with van der Waals surface area (Å²) in [5.41, 5.74) is 0. The summed E-state index contributed by atoms with van der Waals surface area (Å²) >= 11 is 0. The van der Waals surface area contributed by atoms with Gasteiger partial charge in [0.05, 0.1) is 0 Å². The fraction of sp³-hybridized carbons (Fsp3) is 1.00. The van der Waals surface area contributed by atoms with E-state index in [9.17, 15) is 0 Å². The van der Waals surface area contributed by atoms with Crippen molar-refractivity contribution in [3.05, 3.63) is 0 Å². The lowest BCUT2D eigenvalue weighted by molar-refractivity contribution is 0.0936. The summed E-state index contributed by atoms with van der Waals surface area (Å²) in [4.78, 5) is 2.77. The Bertz CT molecular complexity index is 144. The van der Waals surface area contributed by atoms with E-state index < -0.39 is 0 Å². The lowest BCUT2D eigenvalue weighted by atomic mass is 9.94. The SMILES string of the molecule is CCCN1C2CCCC1CNCC2. The van der Waals surface area contributed by atoms with Crippen LogP contribution >= 0.6 is 0 Å². The molecule has 2 unspecified atom stereocenters. The summed E-state index contributed by atoms with van der Waals surface area (Å²) in [6, 6.07) is 1.75. The smallest absolute Gasteiger partial charge is 0.0223 e. The average molecular weight is 182 g/mol. The maximum Gasteiger partial charge on any atom is 0.0223 e. The monoisotopic (exact) mass is 182 g/mol. The molecule has 2 rings (SSSR count). The quantitative estimate of drug-likeness (QED) is 0.698. The van der Waals surface area contributed by atoms with Gasteiger partial charge in [-0.2, -0.15) is 0 Å². The number of piperidine rings is 1. The molecule has 0 aromatic heterocycles. The molecule has 2 bridgehead atoms. The van der Waals surface area contributed by atoms with Crippen LogP contribution in [0.4, 0.5) is 0 Å². The number of rotatable bonds is 2. The number of nitrogens with one attached hydrogen (secondary N) is 1. The van der Waals surface area contributed by atoms with Crippen LogP contribution in [0.15, 0.2) is 0 Å². The van der Waals surface area contributed by atoms with Crippen LogP contribution in [0.3, 0.4) is 0 Å². The van der Waals surface area contributed by atoms with Crippen LogP contribution < -0.4 is 5.32 Å². The van der Waals surface area contributed by atoms with Gasteiger partial charge in [0.15, 0.2) is 0 Å². The van der Waals surface area contributed by atoms with Gasteiger partial charge in [0.2, 0.25) is 0 Å². The zero-order chi connectivity index (χ0) is 9.10. The van der Waals surface area contributed by atoms with Crippen LogP contribution in [0, 0.1) is 0 Å². The van der Waals surface area contributed by atoms with Crippen molar-refractivity contribution in [1.29, 1.82) is 0 Å². The molecule has 0 aliphatic carbocycles. The standard InChI is InChI=1S/C11H22N2/c1-2-8-13-10-4-3-5-11(13)9-12-7-6-10/h10-12H,2-9H2,1H3. The average Bonchev–Trinajstić information content (AvgIpc) is 2.28. The molecule has 0 aromatic carbocycles. The molecule has 0 amide bonds. The first-order valence-electron chi connectivity index (χ1n) is 5.88. The van der Waals surface area contributed by atoms with Crippen LogP contribution in [-0.4, -0.2) is 36.6 Å². The molecule has 0 radical (unpaired) electrons. The van der Waals surface area contributed by atoms with E-state index >= 15 is 0 Å². The minimum atomic E-state index is 0.848. The summed E-state index contributed by atoms with van der Waals surface area (Å²) in [6.07, 6.45) is 7.00. The third-order valence-corrected chi connectivity index (χ3v) is 3.53. The predicted octanol–water partition coefficient (Wildman–Crippen LogP) is 1.61. The molecule has 1 N–H and O–H groups in total. The lowest BCUT2D eigenvalue weighted by Crippen LogP contribution is -2.48. The minimum Gasteiger partial charge on any atom is -0.315 e. The second-order valence-corrected chi connectivity index (χ2v) is 4.47. The van der Waals surface area contributed by atoms with E-state index in [2.05, 4.69) is 17.1 Å². The van der Waals surface area contributed by atoms with E-state index in [1.54, 1.807) is 0 Å². The Kier molecular flexibility index (Phi) is 3.23. The third kappa shape index (κ3) is 2.05. The molecule has 0 aromatic rings. The summed E-state index contributed by atoms with van der Waals surface area (Å²) < 4.78 is 0. The molecule has 2 aliphatic rings. The van der Waals surface area contributed by atoms with Crippen molar-refractivity contribution < 1.29 is 0 Å². The molecular formula is C11H22N2. The van der Waals surface area contributed by atoms with Gasteiger partial charge < -0.3 is 5.32 Å². The minimum absolute atomic E-state index is 0.848.